The molecule has 0 aliphatic carbocycles. The third-order valence-electron chi connectivity index (χ3n) is 4.74. The molecule has 1 aromatic heterocycles. The number of hydrogen-bond donors (Lipinski definition) is 1. The zero-order valence-corrected chi connectivity index (χ0v) is 14.7. The molecule has 8 heteroatoms. The lowest BCUT2D eigenvalue weighted by Crippen LogP contribution is -2.48. The van der Waals surface area contributed by atoms with Crippen LogP contribution in [0.2, 0.25) is 0 Å². The van der Waals surface area contributed by atoms with Crippen molar-refractivity contribution in [3.05, 3.63) is 30.3 Å². The van der Waals surface area contributed by atoms with Gasteiger partial charge in [-0.2, -0.15) is 4.68 Å². The van der Waals surface area contributed by atoms with Gasteiger partial charge in [-0.3, -0.25) is 9.69 Å². The Balaban J connectivity index is 1.59. The van der Waals surface area contributed by atoms with Crippen LogP contribution in [-0.2, 0) is 4.79 Å². The van der Waals surface area contributed by atoms with Crippen molar-refractivity contribution < 1.29 is 9.90 Å². The number of tetrazole rings is 1. The van der Waals surface area contributed by atoms with E-state index in [1.807, 2.05) is 30.3 Å². The Morgan fingerprint density at radius 1 is 1.16 bits per heavy atom. The fourth-order valence-corrected chi connectivity index (χ4v) is 2.83. The fraction of sp³-hybridized carbons (Fsp3) is 0.529. The average molecular weight is 344 g/mol. The van der Waals surface area contributed by atoms with Crippen molar-refractivity contribution in [3.8, 4) is 5.69 Å². The maximum absolute atomic E-state index is 11.2. The highest BCUT2D eigenvalue weighted by molar-refractivity contribution is 5.73. The van der Waals surface area contributed by atoms with Gasteiger partial charge in [0.05, 0.1) is 11.1 Å². The minimum absolute atomic E-state index is 0.643. The highest BCUT2D eigenvalue weighted by Gasteiger charge is 2.29. The van der Waals surface area contributed by atoms with Gasteiger partial charge in [-0.25, -0.2) is 0 Å². The standard InChI is InChI=1S/C17H24N6O2/c1-17(2,15(24)25)8-9-21-10-12-22(13-11-21)16-18-19-20-23(16)14-6-4-3-5-7-14/h3-7H,8-13H2,1-2H3,(H,24,25). The van der Waals surface area contributed by atoms with Crippen LogP contribution >= 0.6 is 0 Å². The molecule has 1 aliphatic heterocycles. The van der Waals surface area contributed by atoms with E-state index in [2.05, 4.69) is 25.3 Å². The first-order valence-electron chi connectivity index (χ1n) is 8.52. The number of aromatic nitrogens is 4. The summed E-state index contributed by atoms with van der Waals surface area (Å²) in [6, 6.07) is 9.84. The number of carboxylic acid groups (broad SMARTS) is 1. The molecule has 134 valence electrons. The second-order valence-electron chi connectivity index (χ2n) is 6.99. The predicted octanol–water partition coefficient (Wildman–Crippen LogP) is 1.29. The van der Waals surface area contributed by atoms with Gasteiger partial charge in [0.25, 0.3) is 0 Å². The number of carbonyl (C=O) groups is 1. The molecule has 1 aliphatic rings. The van der Waals surface area contributed by atoms with Gasteiger partial charge in [0.1, 0.15) is 0 Å². The quantitative estimate of drug-likeness (QED) is 0.845. The largest absolute Gasteiger partial charge is 0.481 e. The van der Waals surface area contributed by atoms with Crippen LogP contribution in [0.4, 0.5) is 5.95 Å². The summed E-state index contributed by atoms with van der Waals surface area (Å²) in [7, 11) is 0. The fourth-order valence-electron chi connectivity index (χ4n) is 2.83. The van der Waals surface area contributed by atoms with Crippen molar-refractivity contribution in [3.63, 3.8) is 0 Å². The molecule has 2 aromatic rings. The normalized spacial score (nSPS) is 16.2. The van der Waals surface area contributed by atoms with Gasteiger partial charge in [-0.1, -0.05) is 23.3 Å². The molecule has 1 aromatic carbocycles. The Hall–Kier alpha value is -2.48. The Morgan fingerprint density at radius 3 is 2.48 bits per heavy atom. The number of hydrogen-bond acceptors (Lipinski definition) is 6. The van der Waals surface area contributed by atoms with E-state index in [4.69, 9.17) is 0 Å². The van der Waals surface area contributed by atoms with Gasteiger partial charge in [0.15, 0.2) is 0 Å². The number of piperazine rings is 1. The van der Waals surface area contributed by atoms with Gasteiger partial charge >= 0.3 is 5.97 Å². The molecule has 8 nitrogen and oxygen atoms in total. The second-order valence-corrected chi connectivity index (χ2v) is 6.99. The zero-order chi connectivity index (χ0) is 17.9. The van der Waals surface area contributed by atoms with Crippen molar-refractivity contribution in [2.24, 2.45) is 5.41 Å². The molecule has 1 N–H and O–H groups in total. The lowest BCUT2D eigenvalue weighted by atomic mass is 9.89. The summed E-state index contributed by atoms with van der Waals surface area (Å²) in [6.45, 7) is 7.73. The molecule has 0 amide bonds. The van der Waals surface area contributed by atoms with Crippen molar-refractivity contribution in [2.45, 2.75) is 20.3 Å². The molecular formula is C17H24N6O2. The Bertz CT molecular complexity index is 707. The molecule has 0 radical (unpaired) electrons. The van der Waals surface area contributed by atoms with E-state index in [1.165, 1.54) is 0 Å². The van der Waals surface area contributed by atoms with E-state index >= 15 is 0 Å². The van der Waals surface area contributed by atoms with Crippen LogP contribution in [-0.4, -0.2) is 68.9 Å². The summed E-state index contributed by atoms with van der Waals surface area (Å²) in [5.74, 6) is 0.00453. The molecular weight excluding hydrogens is 320 g/mol. The SMILES string of the molecule is CC(C)(CCN1CCN(c2nnnn2-c2ccccc2)CC1)C(=O)O. The van der Waals surface area contributed by atoms with Crippen molar-refractivity contribution in [1.29, 1.82) is 0 Å². The van der Waals surface area contributed by atoms with Crippen molar-refractivity contribution in [2.75, 3.05) is 37.6 Å². The number of nitrogens with zero attached hydrogens (tertiary/aromatic N) is 6. The average Bonchev–Trinajstić information content (AvgIpc) is 3.11. The van der Waals surface area contributed by atoms with Crippen LogP contribution in [0.15, 0.2) is 30.3 Å². The summed E-state index contributed by atoms with van der Waals surface area (Å²) in [4.78, 5) is 15.7. The first-order chi connectivity index (χ1) is 12.0. The van der Waals surface area contributed by atoms with Gasteiger partial charge in [-0.05, 0) is 49.4 Å². The van der Waals surface area contributed by atoms with E-state index in [0.717, 1.165) is 44.4 Å². The van der Waals surface area contributed by atoms with Gasteiger partial charge in [-0.15, -0.1) is 0 Å². The molecule has 0 unspecified atom stereocenters. The summed E-state index contributed by atoms with van der Waals surface area (Å²) < 4.78 is 1.75. The molecule has 2 heterocycles. The first-order valence-corrected chi connectivity index (χ1v) is 8.52. The maximum atomic E-state index is 11.2. The van der Waals surface area contributed by atoms with Crippen molar-refractivity contribution >= 4 is 11.9 Å². The molecule has 25 heavy (non-hydrogen) atoms. The molecule has 3 rings (SSSR count). The third-order valence-corrected chi connectivity index (χ3v) is 4.74. The zero-order valence-electron chi connectivity index (χ0n) is 14.7. The summed E-state index contributed by atoms with van der Waals surface area (Å²) in [6.07, 6.45) is 0.643. The molecule has 0 spiro atoms. The number of para-hydroxylation sites is 1. The minimum Gasteiger partial charge on any atom is -0.481 e. The number of rotatable bonds is 6. The molecule has 1 fully saturated rings. The maximum Gasteiger partial charge on any atom is 0.309 e. The summed E-state index contributed by atoms with van der Waals surface area (Å²) in [5.41, 5.74) is 0.252. The lowest BCUT2D eigenvalue weighted by molar-refractivity contribution is -0.147. The monoisotopic (exact) mass is 344 g/mol. The Morgan fingerprint density at radius 2 is 1.84 bits per heavy atom. The number of benzene rings is 1. The molecule has 0 atom stereocenters. The van der Waals surface area contributed by atoms with E-state index in [0.29, 0.717) is 6.42 Å². The molecule has 0 bridgehead atoms. The number of aliphatic carboxylic acids is 1. The van der Waals surface area contributed by atoms with E-state index in [1.54, 1.807) is 18.5 Å². The van der Waals surface area contributed by atoms with E-state index in [9.17, 15) is 9.90 Å². The number of carboxylic acids is 1. The van der Waals surface area contributed by atoms with Crippen LogP contribution in [0.25, 0.3) is 5.69 Å². The van der Waals surface area contributed by atoms with Crippen LogP contribution in [0.5, 0.6) is 0 Å². The topological polar surface area (TPSA) is 87.4 Å². The first kappa shape index (κ1) is 17.3. The van der Waals surface area contributed by atoms with Crippen LogP contribution in [0.3, 0.4) is 0 Å². The lowest BCUT2D eigenvalue weighted by Gasteiger charge is -2.35. The Labute approximate surface area is 147 Å². The van der Waals surface area contributed by atoms with Crippen LogP contribution < -0.4 is 4.90 Å². The second kappa shape index (κ2) is 7.18. The summed E-state index contributed by atoms with van der Waals surface area (Å²) in [5, 5.41) is 21.3. The van der Waals surface area contributed by atoms with Crippen LogP contribution in [0.1, 0.15) is 20.3 Å². The minimum atomic E-state index is -0.742. The predicted molar refractivity (Wildman–Crippen MR) is 93.8 cm³/mol. The summed E-state index contributed by atoms with van der Waals surface area (Å²) >= 11 is 0. The highest BCUT2D eigenvalue weighted by atomic mass is 16.4. The van der Waals surface area contributed by atoms with Crippen LogP contribution in [0, 0.1) is 5.41 Å². The van der Waals surface area contributed by atoms with Gasteiger partial charge in [0, 0.05) is 26.2 Å². The molecule has 0 saturated carbocycles. The van der Waals surface area contributed by atoms with E-state index < -0.39 is 11.4 Å². The molecule has 1 saturated heterocycles. The smallest absolute Gasteiger partial charge is 0.309 e. The van der Waals surface area contributed by atoms with E-state index in [-0.39, 0.29) is 0 Å². The third kappa shape index (κ3) is 3.96. The van der Waals surface area contributed by atoms with Gasteiger partial charge in [0.2, 0.25) is 5.95 Å². The van der Waals surface area contributed by atoms with Crippen molar-refractivity contribution in [1.82, 2.24) is 25.1 Å². The highest BCUT2D eigenvalue weighted by Crippen LogP contribution is 2.22. The Kier molecular flexibility index (Phi) is 4.98. The van der Waals surface area contributed by atoms with Gasteiger partial charge < -0.3 is 10.0 Å². The number of anilines is 1.